The van der Waals surface area contributed by atoms with Gasteiger partial charge < -0.3 is 19.7 Å². The van der Waals surface area contributed by atoms with Gasteiger partial charge in [0, 0.05) is 15.6 Å². The second kappa shape index (κ2) is 11.5. The lowest BCUT2D eigenvalue weighted by molar-refractivity contribution is 0.213. The van der Waals surface area contributed by atoms with Gasteiger partial charge >= 0.3 is 7.12 Å². The Morgan fingerprint density at radius 2 is 1.35 bits per heavy atom. The molecule has 0 aromatic heterocycles. The van der Waals surface area contributed by atoms with Gasteiger partial charge in [0.15, 0.2) is 0 Å². The second-order valence-electron chi connectivity index (χ2n) is 9.11. The number of nitrogens with zero attached hydrogens (tertiary/aromatic N) is 2. The lowest BCUT2D eigenvalue weighted by Crippen LogP contribution is -2.09. The predicted octanol–water partition coefficient (Wildman–Crippen LogP) is 5.23. The molecule has 0 amide bonds. The van der Waals surface area contributed by atoms with Crippen LogP contribution in [0.1, 0.15) is 72.3 Å². The number of hydrogen-bond donors (Lipinski definition) is 2. The summed E-state index contributed by atoms with van der Waals surface area (Å²) in [7, 11) is 2.17. The first-order valence-corrected chi connectivity index (χ1v) is 12.8. The van der Waals surface area contributed by atoms with Crippen molar-refractivity contribution in [1.29, 1.82) is 0 Å². The quantitative estimate of drug-likeness (QED) is 0.422. The van der Waals surface area contributed by atoms with Gasteiger partial charge in [-0.3, -0.25) is 0 Å². The van der Waals surface area contributed by atoms with E-state index in [2.05, 4.69) is 56.6 Å². The van der Waals surface area contributed by atoms with Crippen LogP contribution in [0.3, 0.4) is 0 Å². The maximum absolute atomic E-state index is 8.25. The van der Waals surface area contributed by atoms with Crippen LogP contribution in [0.25, 0.3) is 0 Å². The van der Waals surface area contributed by atoms with Crippen LogP contribution in [0.2, 0.25) is 5.82 Å². The summed E-state index contributed by atoms with van der Waals surface area (Å²) in [4.78, 5) is 9.68. The molecule has 0 bridgehead atoms. The van der Waals surface area contributed by atoms with Gasteiger partial charge in [-0.1, -0.05) is 69.4 Å². The summed E-state index contributed by atoms with van der Waals surface area (Å²) in [6.45, 7) is 0. The molecule has 0 unspecified atom stereocenters. The van der Waals surface area contributed by atoms with Crippen molar-refractivity contribution in [3.05, 3.63) is 68.7 Å². The molecule has 8 heteroatoms. The monoisotopic (exact) mass is 526 g/mol. The van der Waals surface area contributed by atoms with E-state index < -0.39 is 7.12 Å². The molecule has 0 aliphatic heterocycles. The number of rotatable bonds is 4. The van der Waals surface area contributed by atoms with Gasteiger partial charge in [0.25, 0.3) is 0 Å². The summed E-state index contributed by atoms with van der Waals surface area (Å²) >= 11 is 3.53. The largest absolute Gasteiger partial charge is 0.454 e. The molecule has 0 radical (unpaired) electrons. The molecular weight excluding hydrogens is 495 g/mol. The zero-order chi connectivity index (χ0) is 24.1. The molecule has 2 N–H and O–H groups in total. The van der Waals surface area contributed by atoms with Crippen LogP contribution in [-0.2, 0) is 22.5 Å². The molecule has 4 aliphatic rings. The molecule has 6 nitrogen and oxygen atoms in total. The standard InChI is InChI=1S/C13H15NO.C10H10BrNO.C3H7BO2/c1-15-14-13-8-7-11-10(9-5-6-9)3-2-4-12(11)13;1-13-12-10-6-5-7-8(10)3-2-4-9(7)11;5-4(6)3-1-2-3/h2-4,9H,5-8H2,1H3;2-4H,5-6H2,1H3;3,5-6H,1-2H2/b14-13+;12-10+;. The molecule has 180 valence electrons. The number of benzene rings is 2. The molecule has 0 saturated heterocycles. The van der Waals surface area contributed by atoms with Crippen LogP contribution in [0.4, 0.5) is 0 Å². The summed E-state index contributed by atoms with van der Waals surface area (Å²) in [6.07, 6.45) is 8.94. The van der Waals surface area contributed by atoms with Gasteiger partial charge in [-0.15, -0.1) is 0 Å². The van der Waals surface area contributed by atoms with Crippen molar-refractivity contribution in [2.45, 2.75) is 63.1 Å². The Hall–Kier alpha value is -2.16. The Morgan fingerprint density at radius 1 is 0.794 bits per heavy atom. The number of oxime groups is 2. The lowest BCUT2D eigenvalue weighted by atomic mass is 9.84. The normalized spacial score (nSPS) is 20.0. The summed E-state index contributed by atoms with van der Waals surface area (Å²) in [6, 6.07) is 12.8. The third-order valence-electron chi connectivity index (χ3n) is 6.64. The molecule has 34 heavy (non-hydrogen) atoms. The van der Waals surface area contributed by atoms with E-state index in [1.807, 2.05) is 6.07 Å². The molecule has 0 atom stereocenters. The Kier molecular flexibility index (Phi) is 8.45. The van der Waals surface area contributed by atoms with Crippen molar-refractivity contribution >= 4 is 34.5 Å². The lowest BCUT2D eigenvalue weighted by Gasteiger charge is -2.06. The summed E-state index contributed by atoms with van der Waals surface area (Å²) in [5, 5.41) is 24.6. The van der Waals surface area contributed by atoms with Gasteiger partial charge in [0.1, 0.15) is 14.2 Å². The maximum Gasteiger partial charge on any atom is 0.454 e. The molecule has 2 aromatic carbocycles. The van der Waals surface area contributed by atoms with Gasteiger partial charge in [0.2, 0.25) is 0 Å². The van der Waals surface area contributed by atoms with E-state index in [1.165, 1.54) is 39.6 Å². The first-order chi connectivity index (χ1) is 16.5. The fourth-order valence-corrected chi connectivity index (χ4v) is 5.14. The topological polar surface area (TPSA) is 83.6 Å². The molecule has 0 heterocycles. The van der Waals surface area contributed by atoms with Crippen molar-refractivity contribution in [3.8, 4) is 0 Å². The van der Waals surface area contributed by atoms with E-state index >= 15 is 0 Å². The third kappa shape index (κ3) is 6.09. The maximum atomic E-state index is 8.25. The van der Waals surface area contributed by atoms with Crippen molar-refractivity contribution in [3.63, 3.8) is 0 Å². The van der Waals surface area contributed by atoms with E-state index in [4.69, 9.17) is 19.7 Å². The smallest absolute Gasteiger partial charge is 0.427 e. The molecule has 4 aliphatic carbocycles. The van der Waals surface area contributed by atoms with E-state index in [0.29, 0.717) is 0 Å². The first kappa shape index (κ1) is 25.0. The van der Waals surface area contributed by atoms with Gasteiger partial charge in [0.05, 0.1) is 11.4 Å². The number of fused-ring (bicyclic) bond motifs is 2. The molecule has 6 rings (SSSR count). The van der Waals surface area contributed by atoms with Crippen LogP contribution in [-0.4, -0.2) is 42.8 Å². The van der Waals surface area contributed by atoms with E-state index in [9.17, 15) is 0 Å². The average molecular weight is 527 g/mol. The van der Waals surface area contributed by atoms with E-state index in [1.54, 1.807) is 19.8 Å². The van der Waals surface area contributed by atoms with Gasteiger partial charge in [-0.05, 0) is 73.0 Å². The highest BCUT2D eigenvalue weighted by molar-refractivity contribution is 9.10. The SMILES string of the molecule is CO/N=C1\CCc2c(Br)cccc21.CO/N=C1\CCc2c1cccc2C1CC1.OB(O)C1CC1. The van der Waals surface area contributed by atoms with Crippen LogP contribution in [0.5, 0.6) is 0 Å². The van der Waals surface area contributed by atoms with Crippen molar-refractivity contribution in [2.24, 2.45) is 10.3 Å². The van der Waals surface area contributed by atoms with Crippen LogP contribution in [0.15, 0.2) is 51.2 Å². The zero-order valence-corrected chi connectivity index (χ0v) is 21.4. The van der Waals surface area contributed by atoms with Crippen molar-refractivity contribution < 1.29 is 19.7 Å². The van der Waals surface area contributed by atoms with Crippen molar-refractivity contribution in [2.75, 3.05) is 14.2 Å². The van der Waals surface area contributed by atoms with Gasteiger partial charge in [-0.2, -0.15) is 0 Å². The highest BCUT2D eigenvalue weighted by Gasteiger charge is 2.33. The minimum absolute atomic E-state index is 0.213. The Morgan fingerprint density at radius 3 is 1.85 bits per heavy atom. The van der Waals surface area contributed by atoms with Crippen LogP contribution >= 0.6 is 15.9 Å². The minimum atomic E-state index is -1.04. The minimum Gasteiger partial charge on any atom is -0.427 e. The first-order valence-electron chi connectivity index (χ1n) is 12.0. The van der Waals surface area contributed by atoms with E-state index in [0.717, 1.165) is 55.9 Å². The van der Waals surface area contributed by atoms with Crippen LogP contribution < -0.4 is 0 Å². The molecule has 2 saturated carbocycles. The third-order valence-corrected chi connectivity index (χ3v) is 7.38. The Labute approximate surface area is 210 Å². The number of halogens is 1. The van der Waals surface area contributed by atoms with Crippen LogP contribution in [0, 0.1) is 0 Å². The predicted molar refractivity (Wildman–Crippen MR) is 139 cm³/mol. The fraction of sp³-hybridized carbons (Fsp3) is 0.462. The number of hydrogen-bond acceptors (Lipinski definition) is 6. The fourth-order valence-electron chi connectivity index (χ4n) is 4.57. The molecular formula is C26H32BBrN2O4. The summed E-state index contributed by atoms with van der Waals surface area (Å²) in [5.41, 5.74) is 9.15. The summed E-state index contributed by atoms with van der Waals surface area (Å²) in [5.74, 6) is 1.05. The average Bonchev–Trinajstić information content (AvgIpc) is 3.76. The Balaban J connectivity index is 0.000000131. The highest BCUT2D eigenvalue weighted by Crippen LogP contribution is 2.44. The molecule has 2 aromatic rings. The van der Waals surface area contributed by atoms with Crippen molar-refractivity contribution in [1.82, 2.24) is 0 Å². The second-order valence-corrected chi connectivity index (χ2v) is 9.96. The van der Waals surface area contributed by atoms with E-state index in [-0.39, 0.29) is 5.82 Å². The Bertz CT molecular complexity index is 1060. The highest BCUT2D eigenvalue weighted by atomic mass is 79.9. The summed E-state index contributed by atoms with van der Waals surface area (Å²) < 4.78 is 1.17. The zero-order valence-electron chi connectivity index (χ0n) is 19.8. The van der Waals surface area contributed by atoms with Gasteiger partial charge in [-0.25, -0.2) is 0 Å². The molecule has 2 fully saturated rings. The molecule has 0 spiro atoms.